The van der Waals surface area contributed by atoms with Gasteiger partial charge in [-0.1, -0.05) is 18.2 Å². The molecule has 0 spiro atoms. The molecule has 0 bridgehead atoms. The van der Waals surface area contributed by atoms with Gasteiger partial charge in [0.1, 0.15) is 28.5 Å². The van der Waals surface area contributed by atoms with Crippen molar-refractivity contribution in [1.29, 1.82) is 0 Å². The second-order valence-electron chi connectivity index (χ2n) is 9.27. The van der Waals surface area contributed by atoms with E-state index in [2.05, 4.69) is 15.6 Å². The highest BCUT2D eigenvalue weighted by Crippen LogP contribution is 2.47. The van der Waals surface area contributed by atoms with E-state index in [0.29, 0.717) is 34.9 Å². The molecule has 1 heterocycles. The van der Waals surface area contributed by atoms with Gasteiger partial charge in [0.2, 0.25) is 11.8 Å². The van der Waals surface area contributed by atoms with Crippen molar-refractivity contribution < 1.29 is 38.1 Å². The first kappa shape index (κ1) is 27.8. The smallest absolute Gasteiger partial charge is 0.430 e. The third-order valence-electron chi connectivity index (χ3n) is 6.34. The van der Waals surface area contributed by atoms with Crippen molar-refractivity contribution in [3.63, 3.8) is 0 Å². The molecule has 11 nitrogen and oxygen atoms in total. The Morgan fingerprint density at radius 1 is 0.786 bits per heavy atom. The van der Waals surface area contributed by atoms with Gasteiger partial charge >= 0.3 is 12.2 Å². The number of para-hydroxylation sites is 1. The minimum atomic E-state index is -1.60. The van der Waals surface area contributed by atoms with E-state index in [1.165, 1.54) is 54.7 Å². The van der Waals surface area contributed by atoms with Gasteiger partial charge in [0.05, 0.1) is 0 Å². The SMILES string of the molecule is O=C(O)N(C(=O)Oc1ccccc1)c1cc(Oc2ccc(NC(=O)C3(C(=O)Nc4ccc(F)cc4)CC3)cc2)ccn1. The first-order chi connectivity index (χ1) is 20.2. The van der Waals surface area contributed by atoms with E-state index in [9.17, 15) is 28.7 Å². The van der Waals surface area contributed by atoms with Crippen LogP contribution in [0.5, 0.6) is 17.2 Å². The van der Waals surface area contributed by atoms with Gasteiger partial charge in [-0.15, -0.1) is 0 Å². The highest BCUT2D eigenvalue weighted by atomic mass is 19.1. The van der Waals surface area contributed by atoms with Crippen LogP contribution in [0.1, 0.15) is 12.8 Å². The topological polar surface area (TPSA) is 147 Å². The number of benzene rings is 3. The fraction of sp³-hybridized carbons (Fsp3) is 0.100. The number of amides is 4. The number of nitrogens with one attached hydrogen (secondary N) is 2. The lowest BCUT2D eigenvalue weighted by Gasteiger charge is -2.17. The van der Waals surface area contributed by atoms with Crippen LogP contribution in [0.3, 0.4) is 0 Å². The van der Waals surface area contributed by atoms with E-state index in [1.807, 2.05) is 0 Å². The fourth-order valence-corrected chi connectivity index (χ4v) is 3.95. The number of anilines is 3. The number of pyridine rings is 1. The summed E-state index contributed by atoms with van der Waals surface area (Å²) in [4.78, 5) is 54.3. The predicted octanol–water partition coefficient (Wildman–Crippen LogP) is 6.05. The highest BCUT2D eigenvalue weighted by Gasteiger charge is 2.56. The number of imide groups is 1. The van der Waals surface area contributed by atoms with Crippen LogP contribution in [0.15, 0.2) is 97.2 Å². The van der Waals surface area contributed by atoms with E-state index in [1.54, 1.807) is 42.5 Å². The number of halogens is 1. The summed E-state index contributed by atoms with van der Waals surface area (Å²) in [6.07, 6.45) is -0.733. The number of carbonyl (C=O) groups is 4. The molecule has 0 aliphatic heterocycles. The number of hydrogen-bond acceptors (Lipinski definition) is 7. The van der Waals surface area contributed by atoms with Crippen LogP contribution < -0.4 is 25.0 Å². The molecule has 0 unspecified atom stereocenters. The van der Waals surface area contributed by atoms with E-state index in [0.717, 1.165) is 0 Å². The second kappa shape index (κ2) is 11.8. The van der Waals surface area contributed by atoms with Gasteiger partial charge in [0.25, 0.3) is 0 Å². The molecule has 12 heteroatoms. The van der Waals surface area contributed by atoms with E-state index in [4.69, 9.17) is 9.47 Å². The summed E-state index contributed by atoms with van der Waals surface area (Å²) >= 11 is 0. The fourth-order valence-electron chi connectivity index (χ4n) is 3.95. The van der Waals surface area contributed by atoms with Gasteiger partial charge in [0, 0.05) is 23.6 Å². The number of ether oxygens (including phenoxy) is 2. The number of carboxylic acid groups (broad SMARTS) is 1. The van der Waals surface area contributed by atoms with E-state index < -0.39 is 35.2 Å². The Hall–Kier alpha value is -5.78. The zero-order chi connectivity index (χ0) is 29.7. The van der Waals surface area contributed by atoms with Crippen LogP contribution in [0.4, 0.5) is 31.2 Å². The Labute approximate surface area is 238 Å². The highest BCUT2D eigenvalue weighted by molar-refractivity contribution is 6.17. The van der Waals surface area contributed by atoms with Gasteiger partial charge in [-0.05, 0) is 79.6 Å². The zero-order valence-corrected chi connectivity index (χ0v) is 21.8. The Balaban J connectivity index is 1.21. The zero-order valence-electron chi connectivity index (χ0n) is 21.8. The average Bonchev–Trinajstić information content (AvgIpc) is 3.79. The number of carbonyl (C=O) groups excluding carboxylic acids is 3. The van der Waals surface area contributed by atoms with Crippen molar-refractivity contribution in [2.24, 2.45) is 5.41 Å². The summed E-state index contributed by atoms with van der Waals surface area (Å²) in [7, 11) is 0. The molecule has 42 heavy (non-hydrogen) atoms. The molecule has 1 fully saturated rings. The third kappa shape index (κ3) is 6.33. The molecule has 1 aromatic heterocycles. The molecular weight excluding hydrogens is 547 g/mol. The normalized spacial score (nSPS) is 12.9. The van der Waals surface area contributed by atoms with Crippen LogP contribution >= 0.6 is 0 Å². The lowest BCUT2D eigenvalue weighted by molar-refractivity contribution is -0.131. The molecule has 212 valence electrons. The van der Waals surface area contributed by atoms with Crippen molar-refractivity contribution in [3.05, 3.63) is 103 Å². The molecule has 1 saturated carbocycles. The second-order valence-corrected chi connectivity index (χ2v) is 9.27. The summed E-state index contributed by atoms with van der Waals surface area (Å²) in [6.45, 7) is 0. The summed E-state index contributed by atoms with van der Waals surface area (Å²) in [6, 6.07) is 22.3. The van der Waals surface area contributed by atoms with Crippen molar-refractivity contribution in [2.75, 3.05) is 15.5 Å². The number of rotatable bonds is 8. The Morgan fingerprint density at radius 3 is 1.95 bits per heavy atom. The largest absolute Gasteiger partial charge is 0.464 e. The molecule has 4 amide bonds. The van der Waals surface area contributed by atoms with Gasteiger partial charge in [-0.25, -0.2) is 19.0 Å². The molecule has 5 rings (SSSR count). The van der Waals surface area contributed by atoms with E-state index in [-0.39, 0.29) is 17.3 Å². The number of nitrogens with zero attached hydrogens (tertiary/aromatic N) is 2. The molecule has 1 aliphatic rings. The molecule has 1 aliphatic carbocycles. The van der Waals surface area contributed by atoms with Crippen molar-refractivity contribution >= 4 is 41.2 Å². The first-order valence-corrected chi connectivity index (χ1v) is 12.7. The van der Waals surface area contributed by atoms with Gasteiger partial charge < -0.3 is 25.2 Å². The maximum absolute atomic E-state index is 13.1. The van der Waals surface area contributed by atoms with Crippen LogP contribution in [0.25, 0.3) is 0 Å². The third-order valence-corrected chi connectivity index (χ3v) is 6.34. The van der Waals surface area contributed by atoms with Crippen LogP contribution in [-0.4, -0.2) is 34.1 Å². The quantitative estimate of drug-likeness (QED) is 0.217. The lowest BCUT2D eigenvalue weighted by Crippen LogP contribution is -2.38. The van der Waals surface area contributed by atoms with Crippen molar-refractivity contribution in [2.45, 2.75) is 12.8 Å². The molecule has 3 N–H and O–H groups in total. The lowest BCUT2D eigenvalue weighted by atomic mass is 10.0. The minimum absolute atomic E-state index is 0.162. The average molecular weight is 571 g/mol. The van der Waals surface area contributed by atoms with Gasteiger partial charge in [-0.2, -0.15) is 4.90 Å². The monoisotopic (exact) mass is 570 g/mol. The summed E-state index contributed by atoms with van der Waals surface area (Å²) < 4.78 is 24.0. The maximum Gasteiger partial charge on any atom is 0.430 e. The summed E-state index contributed by atoms with van der Waals surface area (Å²) in [5.41, 5.74) is -0.403. The summed E-state index contributed by atoms with van der Waals surface area (Å²) in [5, 5.41) is 15.0. The Morgan fingerprint density at radius 2 is 1.38 bits per heavy atom. The summed E-state index contributed by atoms with van der Waals surface area (Å²) in [5.74, 6) is -0.921. The Kier molecular flexibility index (Phi) is 7.78. The molecule has 4 aromatic rings. The van der Waals surface area contributed by atoms with Crippen LogP contribution in [-0.2, 0) is 9.59 Å². The molecule has 3 aromatic carbocycles. The first-order valence-electron chi connectivity index (χ1n) is 12.7. The van der Waals surface area contributed by atoms with Crippen molar-refractivity contribution in [3.8, 4) is 17.2 Å². The minimum Gasteiger partial charge on any atom is -0.464 e. The standard InChI is InChI=1S/C30H23FN4O7/c31-19-6-8-20(9-7-19)33-26(36)30(15-16-30)27(37)34-21-10-12-23(13-11-21)41-24-14-17-32-25(18-24)35(28(38)39)29(40)42-22-4-2-1-3-5-22/h1-14,17-18H,15-16H2,(H,33,36)(H,34,37)(H,38,39). The number of hydrogen-bond donors (Lipinski definition) is 3. The van der Waals surface area contributed by atoms with E-state index >= 15 is 0 Å². The maximum atomic E-state index is 13.1. The molecule has 0 saturated heterocycles. The van der Waals surface area contributed by atoms with Gasteiger partial charge in [0.15, 0.2) is 5.82 Å². The van der Waals surface area contributed by atoms with Gasteiger partial charge in [-0.3, -0.25) is 9.59 Å². The molecule has 0 radical (unpaired) electrons. The Bertz CT molecular complexity index is 1630. The van der Waals surface area contributed by atoms with Crippen LogP contribution in [0, 0.1) is 11.2 Å². The number of aromatic nitrogens is 1. The predicted molar refractivity (Wildman–Crippen MR) is 149 cm³/mol. The van der Waals surface area contributed by atoms with Crippen LogP contribution in [0.2, 0.25) is 0 Å². The molecular formula is C30H23FN4O7. The molecule has 0 atom stereocenters. The van der Waals surface area contributed by atoms with Crippen molar-refractivity contribution in [1.82, 2.24) is 4.98 Å².